The molecule has 2 nitrogen and oxygen atoms in total. The third kappa shape index (κ3) is 2.95. The summed E-state index contributed by atoms with van der Waals surface area (Å²) >= 11 is 0. The molecular weight excluding hydrogens is 292 g/mol. The van der Waals surface area contributed by atoms with Gasteiger partial charge in [-0.15, -0.1) is 0 Å². The second kappa shape index (κ2) is 6.31. The molecule has 3 aromatic rings. The van der Waals surface area contributed by atoms with Crippen LogP contribution in [0.3, 0.4) is 0 Å². The SMILES string of the molecule is N#Cc1ccc2cc(C=Cc3ccc4c(c3)CCNC4)ccc2c1. The summed E-state index contributed by atoms with van der Waals surface area (Å²) < 4.78 is 0. The Hall–Kier alpha value is -2.89. The highest BCUT2D eigenvalue weighted by Gasteiger charge is 2.07. The maximum absolute atomic E-state index is 8.98. The Labute approximate surface area is 142 Å². The van der Waals surface area contributed by atoms with Crippen LogP contribution in [-0.2, 0) is 13.0 Å². The van der Waals surface area contributed by atoms with Crippen molar-refractivity contribution in [1.29, 1.82) is 5.26 Å². The summed E-state index contributed by atoms with van der Waals surface area (Å²) in [5.41, 5.74) is 5.99. The minimum absolute atomic E-state index is 0.703. The zero-order valence-corrected chi connectivity index (χ0v) is 13.4. The molecule has 0 spiro atoms. The molecule has 4 rings (SSSR count). The van der Waals surface area contributed by atoms with E-state index in [1.165, 1.54) is 22.3 Å². The van der Waals surface area contributed by atoms with Gasteiger partial charge in [-0.1, -0.05) is 48.6 Å². The smallest absolute Gasteiger partial charge is 0.0991 e. The van der Waals surface area contributed by atoms with E-state index in [4.69, 9.17) is 5.26 Å². The normalized spacial score (nSPS) is 13.8. The molecule has 0 aliphatic carbocycles. The Morgan fingerprint density at radius 3 is 2.46 bits per heavy atom. The molecule has 0 saturated heterocycles. The van der Waals surface area contributed by atoms with Gasteiger partial charge in [-0.3, -0.25) is 0 Å². The van der Waals surface area contributed by atoms with Gasteiger partial charge in [0.05, 0.1) is 11.6 Å². The Morgan fingerprint density at radius 1 is 0.833 bits per heavy atom. The average molecular weight is 310 g/mol. The first-order chi connectivity index (χ1) is 11.8. The van der Waals surface area contributed by atoms with E-state index in [0.29, 0.717) is 5.56 Å². The van der Waals surface area contributed by atoms with Gasteiger partial charge in [0.1, 0.15) is 0 Å². The molecule has 2 heteroatoms. The van der Waals surface area contributed by atoms with Crippen molar-refractivity contribution >= 4 is 22.9 Å². The number of nitrogens with one attached hydrogen (secondary N) is 1. The molecule has 0 radical (unpaired) electrons. The Kier molecular flexibility index (Phi) is 3.86. The quantitative estimate of drug-likeness (QED) is 0.706. The highest BCUT2D eigenvalue weighted by atomic mass is 14.9. The molecule has 0 unspecified atom stereocenters. The molecule has 0 amide bonds. The Morgan fingerprint density at radius 2 is 1.58 bits per heavy atom. The maximum Gasteiger partial charge on any atom is 0.0991 e. The number of nitriles is 1. The fourth-order valence-electron chi connectivity index (χ4n) is 3.23. The van der Waals surface area contributed by atoms with Gasteiger partial charge >= 0.3 is 0 Å². The van der Waals surface area contributed by atoms with E-state index in [1.807, 2.05) is 18.2 Å². The standard InChI is InChI=1S/C22H18N2/c23-14-18-5-7-19-11-16(3-6-20(19)13-18)1-2-17-4-8-22-15-24-10-9-21(22)12-17/h1-8,11-13,24H,9-10,15H2. The predicted molar refractivity (Wildman–Crippen MR) is 99.4 cm³/mol. The largest absolute Gasteiger partial charge is 0.312 e. The second-order valence-electron chi connectivity index (χ2n) is 6.22. The number of hydrogen-bond donors (Lipinski definition) is 1. The topological polar surface area (TPSA) is 35.8 Å². The van der Waals surface area contributed by atoms with Crippen LogP contribution in [0.15, 0.2) is 54.6 Å². The lowest BCUT2D eigenvalue weighted by Gasteiger charge is -2.17. The molecule has 0 fully saturated rings. The van der Waals surface area contributed by atoms with Crippen LogP contribution in [0.2, 0.25) is 0 Å². The van der Waals surface area contributed by atoms with Gasteiger partial charge in [-0.25, -0.2) is 0 Å². The highest BCUT2D eigenvalue weighted by molar-refractivity contribution is 5.87. The molecule has 3 aromatic carbocycles. The van der Waals surface area contributed by atoms with Crippen molar-refractivity contribution in [2.75, 3.05) is 6.54 Å². The summed E-state index contributed by atoms with van der Waals surface area (Å²) in [6.45, 7) is 2.05. The molecule has 24 heavy (non-hydrogen) atoms. The van der Waals surface area contributed by atoms with Gasteiger partial charge in [0.25, 0.3) is 0 Å². The van der Waals surface area contributed by atoms with Crippen molar-refractivity contribution in [3.05, 3.63) is 82.4 Å². The molecule has 0 saturated carbocycles. The Balaban J connectivity index is 1.61. The van der Waals surface area contributed by atoms with E-state index in [0.717, 1.165) is 30.3 Å². The van der Waals surface area contributed by atoms with E-state index >= 15 is 0 Å². The van der Waals surface area contributed by atoms with E-state index < -0.39 is 0 Å². The van der Waals surface area contributed by atoms with Crippen molar-refractivity contribution in [3.63, 3.8) is 0 Å². The number of fused-ring (bicyclic) bond motifs is 2. The molecule has 0 aromatic heterocycles. The summed E-state index contributed by atoms with van der Waals surface area (Å²) in [6, 6.07) is 21.0. The van der Waals surface area contributed by atoms with Crippen LogP contribution >= 0.6 is 0 Å². The minimum Gasteiger partial charge on any atom is -0.312 e. The molecule has 0 atom stereocenters. The number of benzene rings is 3. The first kappa shape index (κ1) is 14.7. The van der Waals surface area contributed by atoms with Gasteiger partial charge in [-0.2, -0.15) is 5.26 Å². The highest BCUT2D eigenvalue weighted by Crippen LogP contribution is 2.21. The van der Waals surface area contributed by atoms with Gasteiger partial charge in [0.2, 0.25) is 0 Å². The van der Waals surface area contributed by atoms with E-state index in [9.17, 15) is 0 Å². The van der Waals surface area contributed by atoms with Crippen LogP contribution in [0.5, 0.6) is 0 Å². The van der Waals surface area contributed by atoms with Crippen LogP contribution in [0.4, 0.5) is 0 Å². The van der Waals surface area contributed by atoms with Crippen molar-refractivity contribution in [2.24, 2.45) is 0 Å². The van der Waals surface area contributed by atoms with E-state index in [-0.39, 0.29) is 0 Å². The minimum atomic E-state index is 0.703. The molecule has 1 aliphatic rings. The molecule has 1 heterocycles. The fraction of sp³-hybridized carbons (Fsp3) is 0.136. The third-order valence-corrected chi connectivity index (χ3v) is 4.58. The summed E-state index contributed by atoms with van der Waals surface area (Å²) in [7, 11) is 0. The molecular formula is C22H18N2. The Bertz CT molecular complexity index is 977. The van der Waals surface area contributed by atoms with Crippen molar-refractivity contribution < 1.29 is 0 Å². The van der Waals surface area contributed by atoms with Crippen molar-refractivity contribution in [3.8, 4) is 6.07 Å². The van der Waals surface area contributed by atoms with Crippen LogP contribution in [0.1, 0.15) is 27.8 Å². The zero-order valence-electron chi connectivity index (χ0n) is 13.4. The molecule has 1 aliphatic heterocycles. The number of hydrogen-bond acceptors (Lipinski definition) is 2. The number of rotatable bonds is 2. The second-order valence-corrected chi connectivity index (χ2v) is 6.22. The molecule has 0 bridgehead atoms. The van der Waals surface area contributed by atoms with Crippen LogP contribution in [0, 0.1) is 11.3 Å². The summed E-state index contributed by atoms with van der Waals surface area (Å²) in [5.74, 6) is 0. The lowest BCUT2D eigenvalue weighted by Crippen LogP contribution is -2.23. The molecule has 116 valence electrons. The van der Waals surface area contributed by atoms with E-state index in [2.05, 4.69) is 59.9 Å². The lowest BCUT2D eigenvalue weighted by molar-refractivity contribution is 0.643. The number of nitrogens with zero attached hydrogens (tertiary/aromatic N) is 1. The lowest BCUT2D eigenvalue weighted by atomic mass is 9.98. The van der Waals surface area contributed by atoms with Gasteiger partial charge in [-0.05, 0) is 64.2 Å². The van der Waals surface area contributed by atoms with E-state index in [1.54, 1.807) is 0 Å². The van der Waals surface area contributed by atoms with Crippen molar-refractivity contribution in [2.45, 2.75) is 13.0 Å². The van der Waals surface area contributed by atoms with Crippen LogP contribution in [-0.4, -0.2) is 6.54 Å². The van der Waals surface area contributed by atoms with Crippen LogP contribution in [0.25, 0.3) is 22.9 Å². The monoisotopic (exact) mass is 310 g/mol. The maximum atomic E-state index is 8.98. The average Bonchev–Trinajstić information content (AvgIpc) is 2.65. The third-order valence-electron chi connectivity index (χ3n) is 4.58. The summed E-state index contributed by atoms with van der Waals surface area (Å²) in [6.07, 6.45) is 5.43. The first-order valence-corrected chi connectivity index (χ1v) is 8.26. The van der Waals surface area contributed by atoms with Crippen molar-refractivity contribution in [1.82, 2.24) is 5.32 Å². The first-order valence-electron chi connectivity index (χ1n) is 8.26. The zero-order chi connectivity index (χ0) is 16.4. The van der Waals surface area contributed by atoms with Gasteiger partial charge in [0, 0.05) is 6.54 Å². The van der Waals surface area contributed by atoms with Gasteiger partial charge < -0.3 is 5.32 Å². The summed E-state index contributed by atoms with van der Waals surface area (Å²) in [4.78, 5) is 0. The fourth-order valence-corrected chi connectivity index (χ4v) is 3.23. The predicted octanol–water partition coefficient (Wildman–Crippen LogP) is 4.53. The van der Waals surface area contributed by atoms with Gasteiger partial charge in [0.15, 0.2) is 0 Å². The summed E-state index contributed by atoms with van der Waals surface area (Å²) in [5, 5.41) is 14.7. The molecule has 1 N–H and O–H groups in total. The van der Waals surface area contributed by atoms with Crippen LogP contribution < -0.4 is 5.32 Å².